The van der Waals surface area contributed by atoms with Crippen molar-refractivity contribution in [1.29, 1.82) is 0 Å². The van der Waals surface area contributed by atoms with E-state index in [1.807, 2.05) is 60.8 Å². The topological polar surface area (TPSA) is 38.9 Å². The van der Waals surface area contributed by atoms with Crippen LogP contribution in [0, 0.1) is 17.9 Å². The smallest absolute Gasteiger partial charge is 0 e. The largest absolute Gasteiger partial charge is 0 e. The van der Waals surface area contributed by atoms with E-state index >= 15 is 0 Å². The molecule has 3 nitrogen and oxygen atoms in total. The van der Waals surface area contributed by atoms with E-state index in [0.717, 1.165) is 46.1 Å². The molecular weight excluding hydrogens is 868 g/mol. The summed E-state index contributed by atoms with van der Waals surface area (Å²) in [5.41, 5.74) is 10.1. The third-order valence-corrected chi connectivity index (χ3v) is 13.1. The van der Waals surface area contributed by atoms with E-state index in [0.29, 0.717) is 11.2 Å². The minimum absolute atomic E-state index is 0. The van der Waals surface area contributed by atoms with Crippen LogP contribution in [0.1, 0.15) is 22.3 Å². The van der Waals surface area contributed by atoms with Gasteiger partial charge in [0.15, 0.2) is 0 Å². The molecule has 0 amide bonds. The van der Waals surface area contributed by atoms with Gasteiger partial charge in [0.1, 0.15) is 11.4 Å². The fraction of sp³-hybridized carbons (Fsp3) is 0.111. The predicted molar refractivity (Wildman–Crippen MR) is 206 cm³/mol. The number of pyridine rings is 2. The maximum absolute atomic E-state index is 13.6. The molecule has 0 saturated heterocycles. The van der Waals surface area contributed by atoms with E-state index in [1.165, 1.54) is 38.8 Å². The summed E-state index contributed by atoms with van der Waals surface area (Å²) in [6.07, 6.45) is 5.73. The number of benzene rings is 5. The molecule has 8 rings (SSSR count). The third-order valence-electron chi connectivity index (χ3n) is 8.75. The number of rotatable bonds is 7. The number of fused-ring (bicyclic) bond motifs is 3. The molecule has 3 aromatic heterocycles. The number of nitrogens with zero attached hydrogens (tertiary/aromatic N) is 2. The van der Waals surface area contributed by atoms with Gasteiger partial charge in [0.2, 0.25) is 0 Å². The molecule has 8 aromatic rings. The first kappa shape index (κ1) is 36.1. The van der Waals surface area contributed by atoms with Crippen LogP contribution in [0.25, 0.3) is 44.5 Å². The Labute approximate surface area is 315 Å². The van der Waals surface area contributed by atoms with Crippen LogP contribution in [0.15, 0.2) is 150 Å². The van der Waals surface area contributed by atoms with Crippen molar-refractivity contribution in [2.24, 2.45) is 0 Å². The monoisotopic (exact) mass is 907 g/mol. The zero-order valence-corrected chi connectivity index (χ0v) is 33.3. The van der Waals surface area contributed by atoms with Crippen molar-refractivity contribution in [3.63, 3.8) is 0 Å². The second-order valence-corrected chi connectivity index (χ2v) is 24.0. The predicted octanol–water partition coefficient (Wildman–Crippen LogP) is 10.9. The molecule has 5 aromatic carbocycles. The summed E-state index contributed by atoms with van der Waals surface area (Å²) in [7, 11) is 0. The summed E-state index contributed by atoms with van der Waals surface area (Å²) in [4.78, 5) is 9.26. The SMILES string of the molecule is Fc1ccc2c(c1)oc1c(-c3cc(Cc4ccccc4)ccn3)[c-]ccc12.[CH3][Ge]([CH3])([CH3])[c]1cnc(-c2[c-]cccc2)cc1Cc1ccccc1.[Ir]. The van der Waals surface area contributed by atoms with Gasteiger partial charge in [0.25, 0.3) is 0 Å². The zero-order valence-electron chi connectivity index (χ0n) is 28.8. The van der Waals surface area contributed by atoms with E-state index in [-0.39, 0.29) is 25.9 Å². The molecular formula is C45H37FGeIrN2O-2. The van der Waals surface area contributed by atoms with Gasteiger partial charge < -0.3 is 9.40 Å². The van der Waals surface area contributed by atoms with E-state index < -0.39 is 13.3 Å². The van der Waals surface area contributed by atoms with Gasteiger partial charge in [0.05, 0.1) is 5.58 Å². The molecule has 3 heterocycles. The fourth-order valence-corrected chi connectivity index (χ4v) is 9.60. The van der Waals surface area contributed by atoms with Gasteiger partial charge in [-0.05, 0) is 41.4 Å². The van der Waals surface area contributed by atoms with Crippen molar-refractivity contribution in [2.75, 3.05) is 0 Å². The molecule has 0 spiro atoms. The Hall–Kier alpha value is -4.68. The minimum atomic E-state index is -1.96. The second kappa shape index (κ2) is 16.1. The summed E-state index contributed by atoms with van der Waals surface area (Å²) in [5, 5.41) is 1.83. The minimum Gasteiger partial charge on any atom is 0 e. The Bertz CT molecular complexity index is 2370. The Balaban J connectivity index is 0.000000175. The summed E-state index contributed by atoms with van der Waals surface area (Å²) < 4.78 is 21.0. The van der Waals surface area contributed by atoms with Crippen LogP contribution in [-0.2, 0) is 32.9 Å². The van der Waals surface area contributed by atoms with E-state index in [4.69, 9.17) is 9.40 Å². The zero-order chi connectivity index (χ0) is 34.5. The molecule has 0 bridgehead atoms. The van der Waals surface area contributed by atoms with Crippen LogP contribution >= 0.6 is 0 Å². The Morgan fingerprint density at radius 3 is 2.08 bits per heavy atom. The molecule has 1 radical (unpaired) electrons. The van der Waals surface area contributed by atoms with Crippen molar-refractivity contribution in [1.82, 2.24) is 9.97 Å². The molecule has 0 aliphatic heterocycles. The van der Waals surface area contributed by atoms with Crippen LogP contribution < -0.4 is 4.40 Å². The average Bonchev–Trinajstić information content (AvgIpc) is 3.50. The maximum Gasteiger partial charge on any atom is 0 e. The van der Waals surface area contributed by atoms with Gasteiger partial charge in [-0.15, -0.1) is 18.2 Å². The van der Waals surface area contributed by atoms with Crippen LogP contribution in [0.4, 0.5) is 4.39 Å². The third kappa shape index (κ3) is 8.62. The maximum atomic E-state index is 13.6. The number of aromatic nitrogens is 2. The second-order valence-electron chi connectivity index (χ2n) is 13.5. The van der Waals surface area contributed by atoms with E-state index in [2.05, 4.69) is 101 Å². The quantitative estimate of drug-likeness (QED) is 0.118. The van der Waals surface area contributed by atoms with Crippen LogP contribution in [0.2, 0.25) is 17.3 Å². The number of furan rings is 1. The van der Waals surface area contributed by atoms with Crippen molar-refractivity contribution in [3.05, 3.63) is 186 Å². The number of hydrogen-bond donors (Lipinski definition) is 0. The van der Waals surface area contributed by atoms with Crippen molar-refractivity contribution >= 4 is 39.6 Å². The summed E-state index contributed by atoms with van der Waals surface area (Å²) >= 11 is -1.96. The molecule has 0 fully saturated rings. The van der Waals surface area contributed by atoms with Crippen LogP contribution in [0.3, 0.4) is 0 Å². The first-order valence-electron chi connectivity index (χ1n) is 16.8. The molecule has 0 aliphatic rings. The standard InChI is InChI=1S/C24H15FNO.C21H22GeN.Ir/c25-18-9-10-19-20-7-4-8-21(24(20)27-23(19)15-18)22-14-17(11-12-26-22)13-16-5-2-1-3-6-16;1-22(2,3)20-16-23-21(18-12-8-5-9-13-18)15-19(20)14-17-10-6-4-7-11-17;/h1-7,9-12,14-15H,13H2;4-12,15-16H,14H2,1-3H3;/q2*-1;. The molecule has 255 valence electrons. The van der Waals surface area contributed by atoms with Crippen molar-refractivity contribution < 1.29 is 28.9 Å². The van der Waals surface area contributed by atoms with Gasteiger partial charge >= 0.3 is 142 Å². The van der Waals surface area contributed by atoms with E-state index in [9.17, 15) is 4.39 Å². The Morgan fingerprint density at radius 1 is 0.647 bits per heavy atom. The van der Waals surface area contributed by atoms with Gasteiger partial charge in [-0.3, -0.25) is 0 Å². The summed E-state index contributed by atoms with van der Waals surface area (Å²) in [6, 6.07) is 50.4. The molecule has 0 N–H and O–H groups in total. The number of halogens is 1. The van der Waals surface area contributed by atoms with Gasteiger partial charge in [-0.1, -0.05) is 47.3 Å². The van der Waals surface area contributed by atoms with E-state index in [1.54, 1.807) is 6.07 Å². The molecule has 0 aliphatic carbocycles. The van der Waals surface area contributed by atoms with Crippen molar-refractivity contribution in [3.8, 4) is 22.5 Å². The fourth-order valence-electron chi connectivity index (χ4n) is 6.29. The summed E-state index contributed by atoms with van der Waals surface area (Å²) in [6.45, 7) is 0. The van der Waals surface area contributed by atoms with Gasteiger partial charge in [-0.25, -0.2) is 4.39 Å². The normalized spacial score (nSPS) is 11.1. The first-order chi connectivity index (χ1) is 24.3. The molecule has 0 saturated carbocycles. The molecule has 0 atom stereocenters. The van der Waals surface area contributed by atoms with Crippen molar-refractivity contribution in [2.45, 2.75) is 30.1 Å². The van der Waals surface area contributed by atoms with Crippen LogP contribution in [-0.4, -0.2) is 23.2 Å². The summed E-state index contributed by atoms with van der Waals surface area (Å²) in [5.74, 6) is 6.98. The molecule has 6 heteroatoms. The van der Waals surface area contributed by atoms with Gasteiger partial charge in [0, 0.05) is 37.8 Å². The Kier molecular flexibility index (Phi) is 11.4. The van der Waals surface area contributed by atoms with Gasteiger partial charge in [-0.2, -0.15) is 0 Å². The van der Waals surface area contributed by atoms with Crippen LogP contribution in [0.5, 0.6) is 0 Å². The average molecular weight is 906 g/mol. The first-order valence-corrected chi connectivity index (χ1v) is 24.2. The molecule has 51 heavy (non-hydrogen) atoms. The Morgan fingerprint density at radius 2 is 1.37 bits per heavy atom. The number of hydrogen-bond acceptors (Lipinski definition) is 3. The molecule has 0 unspecified atom stereocenters.